The lowest BCUT2D eigenvalue weighted by molar-refractivity contribution is 0.576. The lowest BCUT2D eigenvalue weighted by atomic mass is 9.97. The molecule has 2 aromatic heterocycles. The van der Waals surface area contributed by atoms with Crippen molar-refractivity contribution < 1.29 is 4.39 Å². The molecular weight excluding hydrogens is 245 g/mol. The number of hydrogen-bond acceptors (Lipinski definition) is 4. The third-order valence-electron chi connectivity index (χ3n) is 3.62. The molecule has 0 saturated heterocycles. The van der Waals surface area contributed by atoms with E-state index in [-0.39, 0.29) is 11.6 Å². The minimum absolute atomic E-state index is 0.0811. The quantitative estimate of drug-likeness (QED) is 0.855. The Hall–Kier alpha value is -1.98. The van der Waals surface area contributed by atoms with E-state index in [9.17, 15) is 4.39 Å². The largest absolute Gasteiger partial charge is 0.368 e. The van der Waals surface area contributed by atoms with Crippen LogP contribution in [0.3, 0.4) is 0 Å². The molecule has 19 heavy (non-hydrogen) atoms. The molecule has 1 aliphatic rings. The molecule has 0 fully saturated rings. The van der Waals surface area contributed by atoms with Gasteiger partial charge in [0.15, 0.2) is 5.82 Å². The standard InChI is InChI=1S/C13H16FN5/c1-8-4-2-3-5-19-12(8)9(6-17-19)11-10(14)7-16-13(15)18-11/h6-8H,2-5H2,1H3,(H2,15,16,18)/t8-/m0/s1. The third kappa shape index (κ3) is 2.07. The SMILES string of the molecule is C[C@H]1CCCCn2ncc(-c3nc(N)ncc3F)c21. The highest BCUT2D eigenvalue weighted by atomic mass is 19.1. The maximum atomic E-state index is 13.9. The maximum absolute atomic E-state index is 13.9. The zero-order valence-electron chi connectivity index (χ0n) is 10.8. The van der Waals surface area contributed by atoms with E-state index in [0.717, 1.165) is 36.8 Å². The number of halogens is 1. The molecule has 2 N–H and O–H groups in total. The molecular formula is C13H16FN5. The summed E-state index contributed by atoms with van der Waals surface area (Å²) in [5.74, 6) is -0.0327. The Morgan fingerprint density at radius 3 is 3.05 bits per heavy atom. The van der Waals surface area contributed by atoms with Gasteiger partial charge in [0.1, 0.15) is 5.69 Å². The summed E-state index contributed by atoms with van der Waals surface area (Å²) in [6.07, 6.45) is 6.15. The number of rotatable bonds is 1. The number of nitrogens with two attached hydrogens (primary N) is 1. The first-order valence-electron chi connectivity index (χ1n) is 6.51. The van der Waals surface area contributed by atoms with Gasteiger partial charge in [-0.2, -0.15) is 5.10 Å². The van der Waals surface area contributed by atoms with Crippen LogP contribution in [-0.2, 0) is 6.54 Å². The first kappa shape index (κ1) is 12.1. The monoisotopic (exact) mass is 261 g/mol. The second kappa shape index (κ2) is 4.60. The van der Waals surface area contributed by atoms with E-state index in [1.54, 1.807) is 6.20 Å². The van der Waals surface area contributed by atoms with Crippen LogP contribution in [0.15, 0.2) is 12.4 Å². The van der Waals surface area contributed by atoms with Gasteiger partial charge < -0.3 is 5.73 Å². The summed E-state index contributed by atoms with van der Waals surface area (Å²) in [5, 5.41) is 4.36. The lowest BCUT2D eigenvalue weighted by Gasteiger charge is -2.12. The van der Waals surface area contributed by atoms with Crippen molar-refractivity contribution in [1.29, 1.82) is 0 Å². The summed E-state index contributed by atoms with van der Waals surface area (Å²) in [7, 11) is 0. The topological polar surface area (TPSA) is 69.6 Å². The summed E-state index contributed by atoms with van der Waals surface area (Å²) >= 11 is 0. The minimum atomic E-state index is -0.457. The third-order valence-corrected chi connectivity index (χ3v) is 3.62. The maximum Gasteiger partial charge on any atom is 0.220 e. The second-order valence-electron chi connectivity index (χ2n) is 4.99. The van der Waals surface area contributed by atoms with Crippen molar-refractivity contribution in [3.05, 3.63) is 23.9 Å². The van der Waals surface area contributed by atoms with E-state index in [1.807, 2.05) is 4.68 Å². The first-order chi connectivity index (χ1) is 9.16. The van der Waals surface area contributed by atoms with Crippen molar-refractivity contribution >= 4 is 5.95 Å². The fourth-order valence-electron chi connectivity index (χ4n) is 2.69. The summed E-state index contributed by atoms with van der Waals surface area (Å²) in [6.45, 7) is 3.02. The Bertz CT molecular complexity index is 607. The van der Waals surface area contributed by atoms with Crippen LogP contribution < -0.4 is 5.73 Å². The van der Waals surface area contributed by atoms with Gasteiger partial charge in [-0.3, -0.25) is 4.68 Å². The summed E-state index contributed by atoms with van der Waals surface area (Å²) in [5.41, 5.74) is 7.60. The molecule has 5 nitrogen and oxygen atoms in total. The molecule has 0 unspecified atom stereocenters. The van der Waals surface area contributed by atoms with E-state index in [2.05, 4.69) is 22.0 Å². The van der Waals surface area contributed by atoms with E-state index < -0.39 is 5.82 Å². The van der Waals surface area contributed by atoms with Gasteiger partial charge in [0.05, 0.1) is 18.1 Å². The van der Waals surface area contributed by atoms with E-state index >= 15 is 0 Å². The van der Waals surface area contributed by atoms with Crippen molar-refractivity contribution in [3.8, 4) is 11.3 Å². The van der Waals surface area contributed by atoms with Crippen molar-refractivity contribution in [2.24, 2.45) is 0 Å². The molecule has 0 radical (unpaired) electrons. The Kier molecular flexibility index (Phi) is 2.93. The highest BCUT2D eigenvalue weighted by Crippen LogP contribution is 2.34. The highest BCUT2D eigenvalue weighted by Gasteiger charge is 2.23. The highest BCUT2D eigenvalue weighted by molar-refractivity contribution is 5.63. The van der Waals surface area contributed by atoms with Crippen molar-refractivity contribution in [2.45, 2.75) is 38.6 Å². The van der Waals surface area contributed by atoms with Crippen LogP contribution in [-0.4, -0.2) is 19.7 Å². The second-order valence-corrected chi connectivity index (χ2v) is 4.99. The van der Waals surface area contributed by atoms with Crippen LogP contribution in [0.4, 0.5) is 10.3 Å². The number of aryl methyl sites for hydroxylation is 1. The normalized spacial score (nSPS) is 18.9. The molecule has 0 spiro atoms. The molecule has 0 amide bonds. The van der Waals surface area contributed by atoms with Crippen LogP contribution >= 0.6 is 0 Å². The van der Waals surface area contributed by atoms with Gasteiger partial charge in [-0.15, -0.1) is 0 Å². The zero-order valence-corrected chi connectivity index (χ0v) is 10.8. The Balaban J connectivity index is 2.16. The summed E-state index contributed by atoms with van der Waals surface area (Å²) in [4.78, 5) is 7.69. The van der Waals surface area contributed by atoms with Crippen LogP contribution in [0.2, 0.25) is 0 Å². The zero-order chi connectivity index (χ0) is 13.4. The van der Waals surface area contributed by atoms with Crippen LogP contribution in [0.1, 0.15) is 37.8 Å². The molecule has 1 atom stereocenters. The number of nitrogen functional groups attached to an aromatic ring is 1. The van der Waals surface area contributed by atoms with Crippen LogP contribution in [0.5, 0.6) is 0 Å². The van der Waals surface area contributed by atoms with Gasteiger partial charge in [0.25, 0.3) is 0 Å². The first-order valence-corrected chi connectivity index (χ1v) is 6.51. The van der Waals surface area contributed by atoms with E-state index in [1.165, 1.54) is 6.42 Å². The molecule has 100 valence electrons. The number of aromatic nitrogens is 4. The number of fused-ring (bicyclic) bond motifs is 1. The molecule has 0 aliphatic carbocycles. The fraction of sp³-hybridized carbons (Fsp3) is 0.462. The molecule has 3 rings (SSSR count). The number of nitrogens with zero attached hydrogens (tertiary/aromatic N) is 4. The van der Waals surface area contributed by atoms with Gasteiger partial charge in [0.2, 0.25) is 5.95 Å². The predicted octanol–water partition coefficient (Wildman–Crippen LogP) is 2.35. The fourth-order valence-corrected chi connectivity index (χ4v) is 2.69. The van der Waals surface area contributed by atoms with Gasteiger partial charge >= 0.3 is 0 Å². The average molecular weight is 261 g/mol. The molecule has 0 bridgehead atoms. The summed E-state index contributed by atoms with van der Waals surface area (Å²) in [6, 6.07) is 0. The molecule has 0 aromatic carbocycles. The van der Waals surface area contributed by atoms with E-state index in [4.69, 9.17) is 5.73 Å². The van der Waals surface area contributed by atoms with Gasteiger partial charge in [-0.1, -0.05) is 13.3 Å². The smallest absolute Gasteiger partial charge is 0.220 e. The minimum Gasteiger partial charge on any atom is -0.368 e. The van der Waals surface area contributed by atoms with Gasteiger partial charge in [-0.25, -0.2) is 14.4 Å². The van der Waals surface area contributed by atoms with Crippen LogP contribution in [0.25, 0.3) is 11.3 Å². The van der Waals surface area contributed by atoms with Gasteiger partial charge in [-0.05, 0) is 18.8 Å². The van der Waals surface area contributed by atoms with Crippen molar-refractivity contribution in [1.82, 2.24) is 19.7 Å². The van der Waals surface area contributed by atoms with Crippen molar-refractivity contribution in [2.75, 3.05) is 5.73 Å². The Labute approximate surface area is 110 Å². The molecule has 1 aliphatic heterocycles. The van der Waals surface area contributed by atoms with Crippen molar-refractivity contribution in [3.63, 3.8) is 0 Å². The van der Waals surface area contributed by atoms with Crippen LogP contribution in [0, 0.1) is 5.82 Å². The Morgan fingerprint density at radius 2 is 2.21 bits per heavy atom. The number of anilines is 1. The predicted molar refractivity (Wildman–Crippen MR) is 69.9 cm³/mol. The van der Waals surface area contributed by atoms with Gasteiger partial charge in [0, 0.05) is 12.1 Å². The molecule has 3 heterocycles. The van der Waals surface area contributed by atoms with E-state index in [0.29, 0.717) is 5.92 Å². The Morgan fingerprint density at radius 1 is 1.37 bits per heavy atom. The lowest BCUT2D eigenvalue weighted by Crippen LogP contribution is -2.06. The molecule has 6 heteroatoms. The average Bonchev–Trinajstić information content (AvgIpc) is 2.72. The molecule has 2 aromatic rings. The number of hydrogen-bond donors (Lipinski definition) is 1. The molecule has 0 saturated carbocycles. The summed E-state index contributed by atoms with van der Waals surface area (Å²) < 4.78 is 15.9.